The van der Waals surface area contributed by atoms with Gasteiger partial charge < -0.3 is 30.9 Å². The van der Waals surface area contributed by atoms with Crippen LogP contribution in [-0.2, 0) is 4.74 Å². The molecule has 2 aromatic heterocycles. The smallest absolute Gasteiger partial charge is 0.323 e. The number of benzene rings is 3. The van der Waals surface area contributed by atoms with E-state index in [-0.39, 0.29) is 11.9 Å². The molecule has 3 amide bonds. The molecule has 2 fully saturated rings. The van der Waals surface area contributed by atoms with Gasteiger partial charge >= 0.3 is 6.03 Å². The van der Waals surface area contributed by atoms with Crippen molar-refractivity contribution in [3.63, 3.8) is 0 Å². The van der Waals surface area contributed by atoms with Gasteiger partial charge in [0.25, 0.3) is 5.91 Å². The Bertz CT molecular complexity index is 1860. The van der Waals surface area contributed by atoms with Crippen LogP contribution in [0.25, 0.3) is 33.4 Å². The summed E-state index contributed by atoms with van der Waals surface area (Å²) in [4.78, 5) is 47.7. The van der Waals surface area contributed by atoms with Gasteiger partial charge in [-0.3, -0.25) is 4.79 Å². The van der Waals surface area contributed by atoms with E-state index >= 15 is 0 Å². The van der Waals surface area contributed by atoms with Crippen molar-refractivity contribution in [3.05, 3.63) is 91.0 Å². The number of hydrogen-bond donors (Lipinski definition) is 3. The van der Waals surface area contributed by atoms with E-state index in [1.165, 1.54) is 6.33 Å². The predicted octanol–water partition coefficient (Wildman–Crippen LogP) is 4.41. The molecular weight excluding hydrogens is 582 g/mol. The van der Waals surface area contributed by atoms with E-state index < -0.39 is 6.03 Å². The highest BCUT2D eigenvalue weighted by molar-refractivity contribution is 6.01. The second-order valence-electron chi connectivity index (χ2n) is 11.4. The molecule has 12 heteroatoms. The number of morpholine rings is 1. The minimum atomic E-state index is -0.397. The molecule has 0 bridgehead atoms. The standard InChI is InChI=1S/C34H33N9O3/c35-26-11-12-43(20-26)33(44)23-3-8-28(9-4-23)39-34(45)38-27-6-1-22(2-7-27)31-40-30-17-24(25-18-36-21-37-19-25)5-10-29(30)32(41-31)42-13-15-46-16-14-42/h1-10,17-19,21,26H,11-16,20,35H2,(H2,38,39,45)/t26-/m1/s1. The minimum absolute atomic E-state index is 0.0272. The first-order valence-corrected chi connectivity index (χ1v) is 15.2. The molecule has 4 heterocycles. The van der Waals surface area contributed by atoms with Crippen LogP contribution in [0.1, 0.15) is 16.8 Å². The average molecular weight is 616 g/mol. The molecule has 0 saturated carbocycles. The van der Waals surface area contributed by atoms with E-state index in [0.29, 0.717) is 49.1 Å². The Balaban J connectivity index is 1.07. The highest BCUT2D eigenvalue weighted by Crippen LogP contribution is 2.31. The van der Waals surface area contributed by atoms with Gasteiger partial charge in [-0.2, -0.15) is 0 Å². The monoisotopic (exact) mass is 615 g/mol. The molecule has 12 nitrogen and oxygen atoms in total. The summed E-state index contributed by atoms with van der Waals surface area (Å²) < 4.78 is 5.59. The summed E-state index contributed by atoms with van der Waals surface area (Å²) in [5.74, 6) is 1.39. The van der Waals surface area contributed by atoms with Crippen LogP contribution in [-0.4, -0.2) is 82.2 Å². The number of amides is 3. The van der Waals surface area contributed by atoms with Gasteiger partial charge in [-0.25, -0.2) is 24.7 Å². The molecule has 5 aromatic rings. The Morgan fingerprint density at radius 2 is 1.48 bits per heavy atom. The lowest BCUT2D eigenvalue weighted by Gasteiger charge is -2.29. The summed E-state index contributed by atoms with van der Waals surface area (Å²) in [6, 6.07) is 20.0. The molecule has 2 aliphatic heterocycles. The number of fused-ring (bicyclic) bond motifs is 1. The van der Waals surface area contributed by atoms with Crippen LogP contribution in [0, 0.1) is 0 Å². The molecular formula is C34H33N9O3. The fraction of sp³-hybridized carbons (Fsp3) is 0.235. The molecule has 0 radical (unpaired) electrons. The normalized spacial score (nSPS) is 16.4. The zero-order valence-electron chi connectivity index (χ0n) is 25.1. The largest absolute Gasteiger partial charge is 0.378 e. The summed E-state index contributed by atoms with van der Waals surface area (Å²) >= 11 is 0. The first kappa shape index (κ1) is 29.3. The predicted molar refractivity (Wildman–Crippen MR) is 177 cm³/mol. The zero-order valence-corrected chi connectivity index (χ0v) is 25.1. The van der Waals surface area contributed by atoms with Crippen molar-refractivity contribution in [1.29, 1.82) is 0 Å². The SMILES string of the molecule is N[C@@H]1CCN(C(=O)c2ccc(NC(=O)Nc3ccc(-c4nc(N5CCOCC5)c5ccc(-c6cncnc6)cc5n4)cc3)cc2)C1. The summed E-state index contributed by atoms with van der Waals surface area (Å²) in [6.07, 6.45) is 5.88. The minimum Gasteiger partial charge on any atom is -0.378 e. The van der Waals surface area contributed by atoms with Gasteiger partial charge in [0.2, 0.25) is 0 Å². The number of nitrogens with one attached hydrogen (secondary N) is 2. The van der Waals surface area contributed by atoms with Crippen molar-refractivity contribution in [2.24, 2.45) is 5.73 Å². The van der Waals surface area contributed by atoms with E-state index in [2.05, 4.69) is 25.5 Å². The van der Waals surface area contributed by atoms with Crippen molar-refractivity contribution in [1.82, 2.24) is 24.8 Å². The second-order valence-corrected chi connectivity index (χ2v) is 11.4. The summed E-state index contributed by atoms with van der Waals surface area (Å²) in [7, 11) is 0. The highest BCUT2D eigenvalue weighted by Gasteiger charge is 2.24. The molecule has 0 unspecified atom stereocenters. The van der Waals surface area contributed by atoms with Crippen molar-refractivity contribution >= 4 is 40.0 Å². The van der Waals surface area contributed by atoms with Gasteiger partial charge in [0.1, 0.15) is 12.1 Å². The molecule has 3 aromatic carbocycles. The lowest BCUT2D eigenvalue weighted by Crippen LogP contribution is -2.37. The van der Waals surface area contributed by atoms with Gasteiger partial charge in [0.05, 0.1) is 18.7 Å². The van der Waals surface area contributed by atoms with E-state index in [9.17, 15) is 9.59 Å². The molecule has 4 N–H and O–H groups in total. The number of hydrogen-bond acceptors (Lipinski definition) is 9. The molecule has 46 heavy (non-hydrogen) atoms. The van der Waals surface area contributed by atoms with Gasteiger partial charge in [0.15, 0.2) is 5.82 Å². The topological polar surface area (TPSA) is 151 Å². The first-order valence-electron chi connectivity index (χ1n) is 15.2. The number of likely N-dealkylation sites (tertiary alicyclic amines) is 1. The number of urea groups is 1. The molecule has 7 rings (SSSR count). The van der Waals surface area contributed by atoms with Crippen LogP contribution in [0.2, 0.25) is 0 Å². The van der Waals surface area contributed by atoms with Crippen LogP contribution < -0.4 is 21.3 Å². The van der Waals surface area contributed by atoms with E-state index in [1.54, 1.807) is 41.6 Å². The Morgan fingerprint density at radius 1 is 0.804 bits per heavy atom. The number of aromatic nitrogens is 4. The maximum atomic E-state index is 12.8. The summed E-state index contributed by atoms with van der Waals surface area (Å²) in [5, 5.41) is 6.64. The molecule has 2 aliphatic rings. The van der Waals surface area contributed by atoms with Crippen molar-refractivity contribution in [2.75, 3.05) is 54.9 Å². The van der Waals surface area contributed by atoms with Crippen LogP contribution in [0.3, 0.4) is 0 Å². The first-order chi connectivity index (χ1) is 22.5. The second kappa shape index (κ2) is 12.9. The lowest BCUT2D eigenvalue weighted by atomic mass is 10.1. The lowest BCUT2D eigenvalue weighted by molar-refractivity contribution is 0.0791. The number of anilines is 3. The Kier molecular flexibility index (Phi) is 8.19. The third-order valence-electron chi connectivity index (χ3n) is 8.18. The van der Waals surface area contributed by atoms with Crippen LogP contribution in [0.5, 0.6) is 0 Å². The van der Waals surface area contributed by atoms with Crippen molar-refractivity contribution in [3.8, 4) is 22.5 Å². The van der Waals surface area contributed by atoms with Gasteiger partial charge in [-0.1, -0.05) is 6.07 Å². The summed E-state index contributed by atoms with van der Waals surface area (Å²) in [5.41, 5.74) is 11.2. The average Bonchev–Trinajstić information content (AvgIpc) is 3.54. The van der Waals surface area contributed by atoms with Crippen LogP contribution in [0.15, 0.2) is 85.5 Å². The molecule has 2 saturated heterocycles. The number of nitrogens with zero attached hydrogens (tertiary/aromatic N) is 6. The third-order valence-corrected chi connectivity index (χ3v) is 8.18. The van der Waals surface area contributed by atoms with Crippen LogP contribution in [0.4, 0.5) is 22.0 Å². The van der Waals surface area contributed by atoms with E-state index in [4.69, 9.17) is 20.4 Å². The zero-order chi connectivity index (χ0) is 31.5. The maximum absolute atomic E-state index is 12.8. The molecule has 0 aliphatic carbocycles. The molecule has 0 spiro atoms. The quantitative estimate of drug-likeness (QED) is 0.252. The number of rotatable bonds is 6. The van der Waals surface area contributed by atoms with Crippen molar-refractivity contribution in [2.45, 2.75) is 12.5 Å². The number of nitrogens with two attached hydrogens (primary N) is 1. The molecule has 232 valence electrons. The summed E-state index contributed by atoms with van der Waals surface area (Å²) in [6.45, 7) is 3.98. The van der Waals surface area contributed by atoms with E-state index in [0.717, 1.165) is 52.9 Å². The number of carbonyl (C=O) groups is 2. The Morgan fingerprint density at radius 3 is 2.15 bits per heavy atom. The van der Waals surface area contributed by atoms with Gasteiger partial charge in [-0.05, 0) is 72.6 Å². The third kappa shape index (κ3) is 6.34. The van der Waals surface area contributed by atoms with Gasteiger partial charge in [0, 0.05) is 78.1 Å². The number of carbonyl (C=O) groups excluding carboxylic acids is 2. The van der Waals surface area contributed by atoms with E-state index in [1.807, 2.05) is 42.5 Å². The molecule has 1 atom stereocenters. The fourth-order valence-electron chi connectivity index (χ4n) is 5.73. The maximum Gasteiger partial charge on any atom is 0.323 e. The highest BCUT2D eigenvalue weighted by atomic mass is 16.5. The number of ether oxygens (including phenoxy) is 1. The van der Waals surface area contributed by atoms with Gasteiger partial charge in [-0.15, -0.1) is 0 Å². The van der Waals surface area contributed by atoms with Crippen molar-refractivity contribution < 1.29 is 14.3 Å². The van der Waals surface area contributed by atoms with Crippen LogP contribution >= 0.6 is 0 Å². The fourth-order valence-corrected chi connectivity index (χ4v) is 5.73. The Labute approximate surface area is 265 Å². The Hall–Kier alpha value is -5.46.